The summed E-state index contributed by atoms with van der Waals surface area (Å²) in [6.07, 6.45) is 3.49. The smallest absolute Gasteiger partial charge is 0.124 e. The van der Waals surface area contributed by atoms with Gasteiger partial charge in [-0.3, -0.25) is 0 Å². The van der Waals surface area contributed by atoms with Crippen molar-refractivity contribution in [1.29, 1.82) is 0 Å². The molecule has 3 heteroatoms. The van der Waals surface area contributed by atoms with Crippen molar-refractivity contribution in [3.05, 3.63) is 25.0 Å². The first-order valence-corrected chi connectivity index (χ1v) is 1.65. The van der Waals surface area contributed by atoms with Crippen LogP contribution in [0.3, 0.4) is 0 Å². The van der Waals surface area contributed by atoms with Crippen LogP contribution in [0.15, 0.2) is 25.0 Å². The van der Waals surface area contributed by atoms with Crippen molar-refractivity contribution < 1.29 is 14.9 Å². The maximum Gasteiger partial charge on any atom is 0.124 e. The molecule has 40 valence electrons. The van der Waals surface area contributed by atoms with Gasteiger partial charge in [-0.15, -0.1) is 0 Å². The quantitative estimate of drug-likeness (QED) is 0.512. The van der Waals surface area contributed by atoms with Crippen LogP contribution in [0.2, 0.25) is 0 Å². The first-order valence-electron chi connectivity index (χ1n) is 1.65. The largest absolute Gasteiger partial charge is 0.512 e. The number of hydrogen-bond donors (Lipinski definition) is 2. The first kappa shape index (κ1) is 5.88. The highest BCUT2D eigenvalue weighted by molar-refractivity contribution is 4.65. The number of hydrogen-bond acceptors (Lipinski definition) is 3. The number of aliphatic hydroxyl groups is 2. The predicted octanol–water partition coefficient (Wildman–Crippen LogP) is 1.06. The SMILES string of the molecule is O/C=C\O/C=C/O. The topological polar surface area (TPSA) is 49.7 Å². The van der Waals surface area contributed by atoms with Crippen LogP contribution in [0.25, 0.3) is 0 Å². The van der Waals surface area contributed by atoms with Crippen LogP contribution in [0, 0.1) is 0 Å². The second-order valence-electron chi connectivity index (χ2n) is 0.706. The molecule has 0 bridgehead atoms. The van der Waals surface area contributed by atoms with Gasteiger partial charge in [0.15, 0.2) is 0 Å². The highest BCUT2D eigenvalue weighted by atomic mass is 16.5. The lowest BCUT2D eigenvalue weighted by atomic mass is 11.0. The van der Waals surface area contributed by atoms with Gasteiger partial charge < -0.3 is 14.9 Å². The Morgan fingerprint density at radius 1 is 1.00 bits per heavy atom. The summed E-state index contributed by atoms with van der Waals surface area (Å²) in [6, 6.07) is 0. The van der Waals surface area contributed by atoms with Crippen LogP contribution < -0.4 is 0 Å². The van der Waals surface area contributed by atoms with Gasteiger partial charge in [0.2, 0.25) is 0 Å². The summed E-state index contributed by atoms with van der Waals surface area (Å²) in [6.45, 7) is 0. The van der Waals surface area contributed by atoms with Gasteiger partial charge in [0.25, 0.3) is 0 Å². The third-order valence-electron chi connectivity index (χ3n) is 0.279. The van der Waals surface area contributed by atoms with E-state index in [4.69, 9.17) is 10.2 Å². The number of aliphatic hydroxyl groups excluding tert-OH is 2. The van der Waals surface area contributed by atoms with Gasteiger partial charge in [-0.2, -0.15) is 0 Å². The molecule has 0 saturated carbocycles. The Morgan fingerprint density at radius 2 is 1.43 bits per heavy atom. The molecule has 0 atom stereocenters. The molecule has 0 aliphatic heterocycles. The second-order valence-corrected chi connectivity index (χ2v) is 0.706. The number of rotatable bonds is 2. The summed E-state index contributed by atoms with van der Waals surface area (Å²) < 4.78 is 4.27. The van der Waals surface area contributed by atoms with E-state index in [-0.39, 0.29) is 0 Å². The fraction of sp³-hybridized carbons (Fsp3) is 0. The lowest BCUT2D eigenvalue weighted by Gasteiger charge is -1.80. The van der Waals surface area contributed by atoms with Crippen molar-refractivity contribution in [2.24, 2.45) is 0 Å². The zero-order valence-electron chi connectivity index (χ0n) is 3.61. The molecular formula is C4H6O3. The lowest BCUT2D eigenvalue weighted by molar-refractivity contribution is 0.346. The van der Waals surface area contributed by atoms with Crippen molar-refractivity contribution in [3.8, 4) is 0 Å². The van der Waals surface area contributed by atoms with Crippen molar-refractivity contribution in [2.75, 3.05) is 0 Å². The fourth-order valence-corrected chi connectivity index (χ4v) is 0.116. The first-order chi connectivity index (χ1) is 3.41. The summed E-state index contributed by atoms with van der Waals surface area (Å²) in [5, 5.41) is 15.7. The molecule has 0 fully saturated rings. The molecule has 0 saturated heterocycles. The molecule has 0 unspecified atom stereocenters. The van der Waals surface area contributed by atoms with Crippen molar-refractivity contribution in [1.82, 2.24) is 0 Å². The van der Waals surface area contributed by atoms with Crippen molar-refractivity contribution in [2.45, 2.75) is 0 Å². The molecule has 0 heterocycles. The molecule has 0 aromatic heterocycles. The molecule has 0 aromatic rings. The van der Waals surface area contributed by atoms with Gasteiger partial charge in [0.05, 0.1) is 0 Å². The summed E-state index contributed by atoms with van der Waals surface area (Å²) in [5.41, 5.74) is 0. The summed E-state index contributed by atoms with van der Waals surface area (Å²) in [5.74, 6) is 0. The van der Waals surface area contributed by atoms with Crippen LogP contribution >= 0.6 is 0 Å². The van der Waals surface area contributed by atoms with E-state index in [9.17, 15) is 0 Å². The van der Waals surface area contributed by atoms with Crippen LogP contribution in [0.5, 0.6) is 0 Å². The fourth-order valence-electron chi connectivity index (χ4n) is 0.116. The zero-order chi connectivity index (χ0) is 5.54. The summed E-state index contributed by atoms with van der Waals surface area (Å²) >= 11 is 0. The second kappa shape index (κ2) is 4.88. The Morgan fingerprint density at radius 3 is 1.71 bits per heavy atom. The van der Waals surface area contributed by atoms with Gasteiger partial charge in [-0.1, -0.05) is 0 Å². The Kier molecular flexibility index (Phi) is 4.10. The van der Waals surface area contributed by atoms with E-state index in [1.54, 1.807) is 0 Å². The Bertz CT molecular complexity index is 65.0. The molecule has 7 heavy (non-hydrogen) atoms. The molecule has 2 N–H and O–H groups in total. The third kappa shape index (κ3) is 4.88. The highest BCUT2D eigenvalue weighted by Crippen LogP contribution is 1.73. The van der Waals surface area contributed by atoms with E-state index in [1.807, 2.05) is 0 Å². The van der Waals surface area contributed by atoms with E-state index < -0.39 is 0 Å². The third-order valence-corrected chi connectivity index (χ3v) is 0.279. The Labute approximate surface area is 41.2 Å². The minimum atomic E-state index is 0.722. The minimum Gasteiger partial charge on any atom is -0.512 e. The average Bonchev–Trinajstić information content (AvgIpc) is 1.69. The molecular weight excluding hydrogens is 96.0 g/mol. The van der Waals surface area contributed by atoms with E-state index in [0.29, 0.717) is 0 Å². The summed E-state index contributed by atoms with van der Waals surface area (Å²) in [4.78, 5) is 0. The Hall–Kier alpha value is -1.12. The predicted molar refractivity (Wildman–Crippen MR) is 24.6 cm³/mol. The standard InChI is InChI=1S/C4H6O3/c5-1-3-7-4-2-6/h1-6H/b3-1-,4-2+. The average molecular weight is 102 g/mol. The molecule has 0 aromatic carbocycles. The van der Waals surface area contributed by atoms with E-state index >= 15 is 0 Å². The molecule has 0 spiro atoms. The van der Waals surface area contributed by atoms with Crippen LogP contribution in [-0.4, -0.2) is 10.2 Å². The molecule has 0 aliphatic carbocycles. The van der Waals surface area contributed by atoms with Gasteiger partial charge in [-0.05, 0) is 0 Å². The van der Waals surface area contributed by atoms with Crippen LogP contribution in [0.1, 0.15) is 0 Å². The maximum atomic E-state index is 7.87. The molecule has 0 rings (SSSR count). The minimum absolute atomic E-state index is 0.722. The van der Waals surface area contributed by atoms with Gasteiger partial charge in [0.1, 0.15) is 25.0 Å². The van der Waals surface area contributed by atoms with E-state index in [0.717, 1.165) is 25.0 Å². The van der Waals surface area contributed by atoms with Crippen molar-refractivity contribution in [3.63, 3.8) is 0 Å². The van der Waals surface area contributed by atoms with Crippen LogP contribution in [0.4, 0.5) is 0 Å². The van der Waals surface area contributed by atoms with Gasteiger partial charge in [-0.25, -0.2) is 0 Å². The van der Waals surface area contributed by atoms with Gasteiger partial charge in [0, 0.05) is 0 Å². The van der Waals surface area contributed by atoms with E-state index in [2.05, 4.69) is 4.74 Å². The zero-order valence-corrected chi connectivity index (χ0v) is 3.61. The Balaban J connectivity index is 2.98. The monoisotopic (exact) mass is 102 g/mol. The van der Waals surface area contributed by atoms with Crippen LogP contribution in [-0.2, 0) is 4.74 Å². The van der Waals surface area contributed by atoms with Crippen molar-refractivity contribution >= 4 is 0 Å². The normalized spacial score (nSPS) is 10.9. The van der Waals surface area contributed by atoms with E-state index in [1.165, 1.54) is 0 Å². The summed E-state index contributed by atoms with van der Waals surface area (Å²) in [7, 11) is 0. The number of ether oxygens (including phenoxy) is 1. The molecule has 3 nitrogen and oxygen atoms in total. The van der Waals surface area contributed by atoms with Gasteiger partial charge >= 0.3 is 0 Å². The molecule has 0 aliphatic rings. The maximum absolute atomic E-state index is 7.87. The lowest BCUT2D eigenvalue weighted by Crippen LogP contribution is -1.62. The molecule has 0 radical (unpaired) electrons. The molecule has 0 amide bonds. The highest BCUT2D eigenvalue weighted by Gasteiger charge is 1.60.